The van der Waals surface area contributed by atoms with Gasteiger partial charge >= 0.3 is 0 Å². The Labute approximate surface area is 161 Å². The van der Waals surface area contributed by atoms with Crippen LogP contribution in [-0.4, -0.2) is 27.1 Å². The summed E-state index contributed by atoms with van der Waals surface area (Å²) in [7, 11) is 0. The quantitative estimate of drug-likeness (QED) is 0.415. The molecule has 1 fully saturated rings. The standard InChI is InChI=1S/C21H30N4O2/c1-15(2)11-13-23-18-14-16(25(26)27)9-10-17(18)22-20(23)24-12-7-6-8-19(24)21(3,4)5/h9-11,14,19H,6-8,12-13H2,1-5H3/t19-/m1/s1. The van der Waals surface area contributed by atoms with E-state index in [1.807, 2.05) is 0 Å². The topological polar surface area (TPSA) is 64.2 Å². The summed E-state index contributed by atoms with van der Waals surface area (Å²) in [5.74, 6) is 0.933. The lowest BCUT2D eigenvalue weighted by Crippen LogP contribution is -2.48. The van der Waals surface area contributed by atoms with Crippen molar-refractivity contribution in [2.75, 3.05) is 11.4 Å². The van der Waals surface area contributed by atoms with Crippen LogP contribution in [0.2, 0.25) is 0 Å². The number of hydrogen-bond donors (Lipinski definition) is 0. The van der Waals surface area contributed by atoms with Gasteiger partial charge < -0.3 is 9.47 Å². The number of aromatic nitrogens is 2. The molecule has 6 nitrogen and oxygen atoms in total. The van der Waals surface area contributed by atoms with Crippen LogP contribution < -0.4 is 4.90 Å². The normalized spacial score (nSPS) is 18.0. The molecule has 6 heteroatoms. The van der Waals surface area contributed by atoms with Crippen LogP contribution in [0.1, 0.15) is 53.9 Å². The summed E-state index contributed by atoms with van der Waals surface area (Å²) < 4.78 is 2.14. The van der Waals surface area contributed by atoms with Gasteiger partial charge in [0.05, 0.1) is 16.0 Å². The van der Waals surface area contributed by atoms with E-state index in [9.17, 15) is 10.1 Å². The van der Waals surface area contributed by atoms with E-state index < -0.39 is 0 Å². The van der Waals surface area contributed by atoms with Crippen molar-refractivity contribution in [2.45, 2.75) is 66.5 Å². The number of hydrogen-bond acceptors (Lipinski definition) is 4. The Kier molecular flexibility index (Phi) is 5.27. The second kappa shape index (κ2) is 7.33. The van der Waals surface area contributed by atoms with Gasteiger partial charge in [-0.25, -0.2) is 4.98 Å². The highest BCUT2D eigenvalue weighted by molar-refractivity contribution is 5.81. The minimum Gasteiger partial charge on any atom is -0.339 e. The highest BCUT2D eigenvalue weighted by atomic mass is 16.6. The van der Waals surface area contributed by atoms with Crippen molar-refractivity contribution in [1.82, 2.24) is 9.55 Å². The first-order valence-electron chi connectivity index (χ1n) is 9.73. The van der Waals surface area contributed by atoms with Crippen molar-refractivity contribution < 1.29 is 4.92 Å². The first kappa shape index (κ1) is 19.4. The molecule has 0 unspecified atom stereocenters. The molecule has 0 bridgehead atoms. The van der Waals surface area contributed by atoms with Crippen molar-refractivity contribution in [3.63, 3.8) is 0 Å². The van der Waals surface area contributed by atoms with Crippen LogP contribution in [0.5, 0.6) is 0 Å². The number of anilines is 1. The Balaban J connectivity index is 2.16. The monoisotopic (exact) mass is 370 g/mol. The maximum Gasteiger partial charge on any atom is 0.271 e. The predicted molar refractivity (Wildman–Crippen MR) is 110 cm³/mol. The third-order valence-electron chi connectivity index (χ3n) is 5.36. The van der Waals surface area contributed by atoms with Crippen molar-refractivity contribution in [3.05, 3.63) is 40.0 Å². The number of benzene rings is 1. The number of nitro groups is 1. The molecule has 2 aromatic rings. The predicted octanol–water partition coefficient (Wildman–Crippen LogP) is 5.32. The Morgan fingerprint density at radius 1 is 1.33 bits per heavy atom. The second-order valence-electron chi connectivity index (χ2n) is 8.81. The van der Waals surface area contributed by atoms with Gasteiger partial charge in [0.25, 0.3) is 5.69 Å². The molecular weight excluding hydrogens is 340 g/mol. The summed E-state index contributed by atoms with van der Waals surface area (Å²) in [5.41, 5.74) is 3.12. The van der Waals surface area contributed by atoms with Crippen LogP contribution in [0.25, 0.3) is 11.0 Å². The summed E-state index contributed by atoms with van der Waals surface area (Å²) >= 11 is 0. The van der Waals surface area contributed by atoms with Gasteiger partial charge in [0.2, 0.25) is 5.95 Å². The van der Waals surface area contributed by atoms with Crippen molar-refractivity contribution >= 4 is 22.7 Å². The first-order valence-corrected chi connectivity index (χ1v) is 9.73. The fourth-order valence-electron chi connectivity index (χ4n) is 3.96. The number of nitrogens with zero attached hydrogens (tertiary/aromatic N) is 4. The molecule has 0 N–H and O–H groups in total. The molecule has 1 atom stereocenters. The van der Waals surface area contributed by atoms with Crippen LogP contribution in [0.3, 0.4) is 0 Å². The van der Waals surface area contributed by atoms with E-state index in [4.69, 9.17) is 4.98 Å². The SMILES string of the molecule is CC(C)=CCn1c(N2CCCC[C@@H]2C(C)(C)C)nc2ccc([N+](=O)[O-])cc21. The molecule has 1 aliphatic heterocycles. The fraction of sp³-hybridized carbons (Fsp3) is 0.571. The van der Waals surface area contributed by atoms with E-state index in [2.05, 4.69) is 50.2 Å². The molecule has 0 spiro atoms. The van der Waals surface area contributed by atoms with Gasteiger partial charge in [-0.3, -0.25) is 10.1 Å². The molecule has 2 heterocycles. The molecule has 146 valence electrons. The molecular formula is C21H30N4O2. The minimum absolute atomic E-state index is 0.110. The Hall–Kier alpha value is -2.37. The highest BCUT2D eigenvalue weighted by Crippen LogP contribution is 2.36. The Morgan fingerprint density at radius 3 is 2.70 bits per heavy atom. The number of fused-ring (bicyclic) bond motifs is 1. The third-order valence-corrected chi connectivity index (χ3v) is 5.36. The average Bonchev–Trinajstić information content (AvgIpc) is 2.96. The van der Waals surface area contributed by atoms with Crippen LogP contribution in [0, 0.1) is 15.5 Å². The van der Waals surface area contributed by atoms with Gasteiger partial charge in [0.1, 0.15) is 0 Å². The molecule has 1 aliphatic rings. The molecule has 3 rings (SSSR count). The molecule has 0 amide bonds. The summed E-state index contributed by atoms with van der Waals surface area (Å²) in [5, 5.41) is 11.3. The van der Waals surface area contributed by atoms with E-state index in [-0.39, 0.29) is 16.0 Å². The van der Waals surface area contributed by atoms with E-state index in [0.717, 1.165) is 36.4 Å². The second-order valence-corrected chi connectivity index (χ2v) is 8.81. The van der Waals surface area contributed by atoms with Crippen molar-refractivity contribution in [1.29, 1.82) is 0 Å². The lowest BCUT2D eigenvalue weighted by atomic mass is 9.81. The molecule has 0 saturated carbocycles. The number of imidazole rings is 1. The molecule has 0 aliphatic carbocycles. The number of piperidine rings is 1. The van der Waals surface area contributed by atoms with Crippen molar-refractivity contribution in [2.24, 2.45) is 5.41 Å². The van der Waals surface area contributed by atoms with E-state index in [0.29, 0.717) is 12.6 Å². The molecule has 1 saturated heterocycles. The number of allylic oxidation sites excluding steroid dienone is 2. The maximum absolute atomic E-state index is 11.3. The van der Waals surface area contributed by atoms with Crippen LogP contribution in [0.4, 0.5) is 11.6 Å². The average molecular weight is 370 g/mol. The number of non-ortho nitro benzene ring substituents is 1. The van der Waals surface area contributed by atoms with E-state index in [1.165, 1.54) is 12.0 Å². The van der Waals surface area contributed by atoms with E-state index in [1.54, 1.807) is 18.2 Å². The lowest BCUT2D eigenvalue weighted by Gasteiger charge is -2.44. The zero-order valence-corrected chi connectivity index (χ0v) is 17.0. The van der Waals surface area contributed by atoms with Gasteiger partial charge in [-0.15, -0.1) is 0 Å². The van der Waals surface area contributed by atoms with Gasteiger partial charge in [-0.05, 0) is 44.6 Å². The smallest absolute Gasteiger partial charge is 0.271 e. The highest BCUT2D eigenvalue weighted by Gasteiger charge is 2.35. The summed E-state index contributed by atoms with van der Waals surface area (Å²) in [6.45, 7) is 12.6. The number of nitro benzene ring substituents is 1. The summed E-state index contributed by atoms with van der Waals surface area (Å²) in [6, 6.07) is 5.37. The minimum atomic E-state index is -0.337. The number of rotatable bonds is 4. The summed E-state index contributed by atoms with van der Waals surface area (Å²) in [4.78, 5) is 18.3. The van der Waals surface area contributed by atoms with Gasteiger partial charge in [0, 0.05) is 31.3 Å². The first-order chi connectivity index (χ1) is 12.7. The lowest BCUT2D eigenvalue weighted by molar-refractivity contribution is -0.384. The fourth-order valence-corrected chi connectivity index (χ4v) is 3.96. The summed E-state index contributed by atoms with van der Waals surface area (Å²) in [6.07, 6.45) is 5.69. The van der Waals surface area contributed by atoms with Crippen LogP contribution in [0.15, 0.2) is 29.8 Å². The van der Waals surface area contributed by atoms with Crippen molar-refractivity contribution in [3.8, 4) is 0 Å². The zero-order chi connectivity index (χ0) is 19.8. The van der Waals surface area contributed by atoms with Gasteiger partial charge in [-0.1, -0.05) is 32.4 Å². The molecule has 0 radical (unpaired) electrons. The largest absolute Gasteiger partial charge is 0.339 e. The molecule has 1 aromatic carbocycles. The third kappa shape index (κ3) is 3.99. The Bertz CT molecular complexity index is 872. The molecule has 1 aromatic heterocycles. The zero-order valence-electron chi connectivity index (χ0n) is 17.0. The van der Waals surface area contributed by atoms with Crippen LogP contribution >= 0.6 is 0 Å². The Morgan fingerprint density at radius 2 is 2.07 bits per heavy atom. The van der Waals surface area contributed by atoms with Crippen LogP contribution in [-0.2, 0) is 6.54 Å². The van der Waals surface area contributed by atoms with Gasteiger partial charge in [-0.2, -0.15) is 0 Å². The molecule has 27 heavy (non-hydrogen) atoms. The van der Waals surface area contributed by atoms with Gasteiger partial charge in [0.15, 0.2) is 0 Å². The van der Waals surface area contributed by atoms with E-state index >= 15 is 0 Å². The maximum atomic E-state index is 11.3.